The van der Waals surface area contributed by atoms with E-state index in [0.29, 0.717) is 12.5 Å². The molecule has 1 N–H and O–H groups in total. The van der Waals surface area contributed by atoms with E-state index in [2.05, 4.69) is 22.0 Å². The maximum Gasteiger partial charge on any atom is 0.0848 e. The van der Waals surface area contributed by atoms with Gasteiger partial charge in [0.1, 0.15) is 0 Å². The van der Waals surface area contributed by atoms with Crippen molar-refractivity contribution >= 4 is 0 Å². The Hall–Kier alpha value is -1.61. The summed E-state index contributed by atoms with van der Waals surface area (Å²) < 4.78 is 2.11. The Bertz CT molecular complexity index is 584. The van der Waals surface area contributed by atoms with Gasteiger partial charge in [0, 0.05) is 12.6 Å². The fraction of sp³-hybridized carbons (Fsp3) is 0.500. The summed E-state index contributed by atoms with van der Waals surface area (Å²) in [6.45, 7) is 2.04. The second-order valence-corrected chi connectivity index (χ2v) is 6.16. The molecule has 1 unspecified atom stereocenters. The molecule has 1 fully saturated rings. The lowest BCUT2D eigenvalue weighted by atomic mass is 9.96. The predicted molar refractivity (Wildman–Crippen MR) is 84.2 cm³/mol. The fourth-order valence-electron chi connectivity index (χ4n) is 3.30. The van der Waals surface area contributed by atoms with Gasteiger partial charge in [0.25, 0.3) is 0 Å². The van der Waals surface area contributed by atoms with Crippen molar-refractivity contribution in [1.29, 1.82) is 0 Å². The number of rotatable bonds is 4. The first kappa shape index (κ1) is 14.3. The minimum Gasteiger partial charge on any atom is -0.388 e. The van der Waals surface area contributed by atoms with Crippen molar-refractivity contribution in [2.24, 2.45) is 0 Å². The lowest BCUT2D eigenvalue weighted by Gasteiger charge is -2.21. The summed E-state index contributed by atoms with van der Waals surface area (Å²) in [6, 6.07) is 10.6. The first-order chi connectivity index (χ1) is 10.2. The Morgan fingerprint density at radius 3 is 2.71 bits per heavy atom. The largest absolute Gasteiger partial charge is 0.388 e. The molecule has 0 amide bonds. The topological polar surface area (TPSA) is 38.0 Å². The molecule has 1 aromatic carbocycles. The van der Waals surface area contributed by atoms with Crippen LogP contribution in [0.1, 0.15) is 61.1 Å². The summed E-state index contributed by atoms with van der Waals surface area (Å²) >= 11 is 0. The Kier molecular flexibility index (Phi) is 4.39. The van der Waals surface area contributed by atoms with Gasteiger partial charge in [-0.2, -0.15) is 5.10 Å². The van der Waals surface area contributed by atoms with E-state index in [1.54, 1.807) is 0 Å². The zero-order valence-corrected chi connectivity index (χ0v) is 12.7. The van der Waals surface area contributed by atoms with Crippen LogP contribution in [-0.2, 0) is 6.42 Å². The Morgan fingerprint density at radius 1 is 1.19 bits per heavy atom. The number of hydrogen-bond donors (Lipinski definition) is 1. The minimum atomic E-state index is -0.471. The molecular formula is C18H24N2O. The van der Waals surface area contributed by atoms with Crippen molar-refractivity contribution in [3.8, 4) is 0 Å². The summed E-state index contributed by atoms with van der Waals surface area (Å²) in [6.07, 6.45) is 8.65. The minimum absolute atomic E-state index is 0.471. The van der Waals surface area contributed by atoms with Crippen LogP contribution in [0.2, 0.25) is 0 Å². The Labute approximate surface area is 126 Å². The van der Waals surface area contributed by atoms with E-state index in [1.165, 1.54) is 32.1 Å². The average Bonchev–Trinajstić information content (AvgIpc) is 2.97. The van der Waals surface area contributed by atoms with Gasteiger partial charge in [0.05, 0.1) is 17.8 Å². The number of benzene rings is 1. The van der Waals surface area contributed by atoms with Crippen molar-refractivity contribution in [3.05, 3.63) is 53.3 Å². The molecule has 1 saturated carbocycles. The van der Waals surface area contributed by atoms with Gasteiger partial charge in [-0.05, 0) is 37.0 Å². The highest BCUT2D eigenvalue weighted by Gasteiger charge is 2.17. The standard InChI is InChI=1S/C18H24N2O/c1-14-7-5-6-10-17(14)18(21)13-15-11-12-20(19-15)16-8-3-2-4-9-16/h5-7,10-12,16,18,21H,2-4,8-9,13H2,1H3. The molecule has 2 aromatic rings. The van der Waals surface area contributed by atoms with Gasteiger partial charge in [-0.3, -0.25) is 4.68 Å². The van der Waals surface area contributed by atoms with Gasteiger partial charge < -0.3 is 5.11 Å². The molecule has 1 aliphatic carbocycles. The van der Waals surface area contributed by atoms with Crippen molar-refractivity contribution < 1.29 is 5.11 Å². The number of aryl methyl sites for hydroxylation is 1. The van der Waals surface area contributed by atoms with Crippen molar-refractivity contribution in [3.63, 3.8) is 0 Å². The van der Waals surface area contributed by atoms with E-state index in [1.807, 2.05) is 31.2 Å². The zero-order chi connectivity index (χ0) is 14.7. The summed E-state index contributed by atoms with van der Waals surface area (Å²) in [5.74, 6) is 0. The molecule has 3 heteroatoms. The number of aliphatic hydroxyl groups is 1. The van der Waals surface area contributed by atoms with Crippen molar-refractivity contribution in [2.45, 2.75) is 57.6 Å². The van der Waals surface area contributed by atoms with Gasteiger partial charge in [-0.1, -0.05) is 43.5 Å². The van der Waals surface area contributed by atoms with E-state index >= 15 is 0 Å². The van der Waals surface area contributed by atoms with Crippen LogP contribution >= 0.6 is 0 Å². The van der Waals surface area contributed by atoms with Gasteiger partial charge in [0.2, 0.25) is 0 Å². The summed E-state index contributed by atoms with van der Waals surface area (Å²) in [7, 11) is 0. The van der Waals surface area contributed by atoms with E-state index in [0.717, 1.165) is 16.8 Å². The second kappa shape index (κ2) is 6.44. The van der Waals surface area contributed by atoms with E-state index < -0.39 is 6.10 Å². The number of aromatic nitrogens is 2. The zero-order valence-electron chi connectivity index (χ0n) is 12.7. The van der Waals surface area contributed by atoms with E-state index in [4.69, 9.17) is 0 Å². The van der Waals surface area contributed by atoms with Crippen LogP contribution in [0.15, 0.2) is 36.5 Å². The highest BCUT2D eigenvalue weighted by molar-refractivity contribution is 5.28. The first-order valence-electron chi connectivity index (χ1n) is 8.01. The van der Waals surface area contributed by atoms with Crippen molar-refractivity contribution in [2.75, 3.05) is 0 Å². The molecule has 3 nitrogen and oxygen atoms in total. The predicted octanol–water partition coefficient (Wildman–Crippen LogP) is 3.97. The van der Waals surface area contributed by atoms with Crippen LogP contribution in [0.5, 0.6) is 0 Å². The summed E-state index contributed by atoms with van der Waals surface area (Å²) in [5, 5.41) is 15.1. The van der Waals surface area contributed by atoms with Crippen LogP contribution in [0.4, 0.5) is 0 Å². The van der Waals surface area contributed by atoms with Gasteiger partial charge in [-0.25, -0.2) is 0 Å². The third kappa shape index (κ3) is 3.35. The molecule has 1 heterocycles. The van der Waals surface area contributed by atoms with Gasteiger partial charge in [-0.15, -0.1) is 0 Å². The highest BCUT2D eigenvalue weighted by Crippen LogP contribution is 2.28. The van der Waals surface area contributed by atoms with Gasteiger partial charge in [0.15, 0.2) is 0 Å². The molecule has 0 spiro atoms. The van der Waals surface area contributed by atoms with Crippen LogP contribution in [-0.4, -0.2) is 14.9 Å². The van der Waals surface area contributed by atoms with Gasteiger partial charge >= 0.3 is 0 Å². The quantitative estimate of drug-likeness (QED) is 0.922. The molecule has 21 heavy (non-hydrogen) atoms. The lowest BCUT2D eigenvalue weighted by Crippen LogP contribution is -2.14. The normalized spacial score (nSPS) is 17.8. The molecule has 112 valence electrons. The van der Waals surface area contributed by atoms with Crippen LogP contribution < -0.4 is 0 Å². The molecular weight excluding hydrogens is 260 g/mol. The highest BCUT2D eigenvalue weighted by atomic mass is 16.3. The molecule has 1 aromatic heterocycles. The Balaban J connectivity index is 1.68. The summed E-state index contributed by atoms with van der Waals surface area (Å²) in [4.78, 5) is 0. The molecule has 1 aliphatic rings. The second-order valence-electron chi connectivity index (χ2n) is 6.16. The maximum atomic E-state index is 10.4. The molecule has 0 radical (unpaired) electrons. The molecule has 0 aliphatic heterocycles. The lowest BCUT2D eigenvalue weighted by molar-refractivity contribution is 0.176. The monoisotopic (exact) mass is 284 g/mol. The molecule has 3 rings (SSSR count). The fourth-order valence-corrected chi connectivity index (χ4v) is 3.30. The number of aliphatic hydroxyl groups excluding tert-OH is 1. The smallest absolute Gasteiger partial charge is 0.0848 e. The summed E-state index contributed by atoms with van der Waals surface area (Å²) in [5.41, 5.74) is 3.12. The van der Waals surface area contributed by atoms with E-state index in [9.17, 15) is 5.11 Å². The van der Waals surface area contributed by atoms with Crippen LogP contribution in [0, 0.1) is 6.92 Å². The van der Waals surface area contributed by atoms with Crippen molar-refractivity contribution in [1.82, 2.24) is 9.78 Å². The third-order valence-corrected chi connectivity index (χ3v) is 4.56. The van der Waals surface area contributed by atoms with Crippen LogP contribution in [0.25, 0.3) is 0 Å². The number of nitrogens with zero attached hydrogens (tertiary/aromatic N) is 2. The number of hydrogen-bond acceptors (Lipinski definition) is 2. The SMILES string of the molecule is Cc1ccccc1C(O)Cc1ccn(C2CCCCC2)n1. The first-order valence-corrected chi connectivity index (χ1v) is 8.01. The third-order valence-electron chi connectivity index (χ3n) is 4.56. The molecule has 0 saturated heterocycles. The average molecular weight is 284 g/mol. The van der Waals surface area contributed by atoms with Crippen LogP contribution in [0.3, 0.4) is 0 Å². The van der Waals surface area contributed by atoms with E-state index in [-0.39, 0.29) is 0 Å². The molecule has 0 bridgehead atoms. The molecule has 1 atom stereocenters. The Morgan fingerprint density at radius 2 is 1.95 bits per heavy atom. The maximum absolute atomic E-state index is 10.4.